The Balaban J connectivity index is 1.83. The van der Waals surface area contributed by atoms with Gasteiger partial charge in [0.1, 0.15) is 5.75 Å². The van der Waals surface area contributed by atoms with Crippen molar-refractivity contribution in [2.45, 2.75) is 66.2 Å². The van der Waals surface area contributed by atoms with Crippen molar-refractivity contribution in [3.8, 4) is 5.75 Å². The fraction of sp³-hybridized carbons (Fsp3) is 0.619. The number of hydrazone groups is 1. The average Bonchev–Trinajstić information content (AvgIpc) is 2.48. The molecule has 1 N–H and O–H groups in total. The van der Waals surface area contributed by atoms with Crippen molar-refractivity contribution >= 4 is 11.6 Å². The highest BCUT2D eigenvalue weighted by Crippen LogP contribution is 2.36. The van der Waals surface area contributed by atoms with Crippen molar-refractivity contribution in [3.05, 3.63) is 29.8 Å². The largest absolute Gasteiger partial charge is 0.484 e. The number of hydrogen-bond donors (Lipinski definition) is 1. The Labute approximate surface area is 152 Å². The molecule has 1 atom stereocenters. The molecule has 0 aliphatic heterocycles. The minimum absolute atomic E-state index is 0.0232. The Bertz CT molecular complexity index is 624. The second kappa shape index (κ2) is 7.59. The molecule has 138 valence electrons. The Hall–Kier alpha value is -1.84. The van der Waals surface area contributed by atoms with Crippen molar-refractivity contribution in [1.82, 2.24) is 5.43 Å². The Morgan fingerprint density at radius 2 is 1.92 bits per heavy atom. The molecule has 0 heterocycles. The number of benzene rings is 1. The zero-order valence-corrected chi connectivity index (χ0v) is 16.5. The summed E-state index contributed by atoms with van der Waals surface area (Å²) in [4.78, 5) is 12.0. The molecule has 1 aromatic rings. The first kappa shape index (κ1) is 19.5. The van der Waals surface area contributed by atoms with E-state index in [9.17, 15) is 4.79 Å². The molecule has 0 saturated heterocycles. The van der Waals surface area contributed by atoms with Crippen molar-refractivity contribution in [2.24, 2.45) is 16.4 Å². The highest BCUT2D eigenvalue weighted by atomic mass is 16.5. The third-order valence-electron chi connectivity index (χ3n) is 4.60. The van der Waals surface area contributed by atoms with Gasteiger partial charge in [-0.15, -0.1) is 0 Å². The normalized spacial score (nSPS) is 21.8. The van der Waals surface area contributed by atoms with Crippen LogP contribution in [0, 0.1) is 11.3 Å². The number of carbonyl (C=O) groups is 1. The predicted molar refractivity (Wildman–Crippen MR) is 103 cm³/mol. The fourth-order valence-corrected chi connectivity index (χ4v) is 3.57. The van der Waals surface area contributed by atoms with Crippen LogP contribution >= 0.6 is 0 Å². The van der Waals surface area contributed by atoms with E-state index in [1.165, 1.54) is 12.0 Å². The molecule has 25 heavy (non-hydrogen) atoms. The number of carbonyl (C=O) groups excluding carboxylic acids is 1. The number of nitrogens with zero attached hydrogens (tertiary/aromatic N) is 1. The molecule has 2 rings (SSSR count). The minimum atomic E-state index is -0.219. The van der Waals surface area contributed by atoms with Gasteiger partial charge < -0.3 is 4.74 Å². The van der Waals surface area contributed by atoms with Gasteiger partial charge in [-0.2, -0.15) is 5.10 Å². The zero-order chi connectivity index (χ0) is 18.7. The second-order valence-electron chi connectivity index (χ2n) is 9.13. The van der Waals surface area contributed by atoms with E-state index < -0.39 is 0 Å². The van der Waals surface area contributed by atoms with Crippen LogP contribution in [-0.4, -0.2) is 18.2 Å². The Morgan fingerprint density at radius 3 is 2.48 bits per heavy atom. The van der Waals surface area contributed by atoms with Crippen LogP contribution in [0.2, 0.25) is 0 Å². The molecule has 1 fully saturated rings. The standard InChI is InChI=1S/C21H32N2O2/c1-15-11-17(13-21(5,6)12-15)22-23-19(24)14-25-18-9-7-16(8-10-18)20(2,3)4/h7-10,15H,11-14H2,1-6H3,(H,23,24)/b22-17-/t15-/m0/s1. The van der Waals surface area contributed by atoms with Gasteiger partial charge in [0.15, 0.2) is 6.61 Å². The lowest BCUT2D eigenvalue weighted by atomic mass is 9.72. The molecule has 0 spiro atoms. The van der Waals surface area contributed by atoms with Gasteiger partial charge in [0.2, 0.25) is 0 Å². The van der Waals surface area contributed by atoms with Gasteiger partial charge in [0, 0.05) is 5.71 Å². The summed E-state index contributed by atoms with van der Waals surface area (Å²) in [5, 5.41) is 4.32. The lowest BCUT2D eigenvalue weighted by Crippen LogP contribution is -2.31. The lowest BCUT2D eigenvalue weighted by Gasteiger charge is -2.34. The van der Waals surface area contributed by atoms with Gasteiger partial charge >= 0.3 is 0 Å². The molecule has 0 radical (unpaired) electrons. The molecule has 0 bridgehead atoms. The van der Waals surface area contributed by atoms with Crippen LogP contribution < -0.4 is 10.2 Å². The summed E-state index contributed by atoms with van der Waals surface area (Å²) in [7, 11) is 0. The van der Waals surface area contributed by atoms with Crippen LogP contribution in [-0.2, 0) is 10.2 Å². The molecule has 1 aliphatic rings. The van der Waals surface area contributed by atoms with Crippen molar-refractivity contribution in [3.63, 3.8) is 0 Å². The minimum Gasteiger partial charge on any atom is -0.484 e. The summed E-state index contributed by atoms with van der Waals surface area (Å²) in [6, 6.07) is 7.90. The van der Waals surface area contributed by atoms with Crippen LogP contribution in [0.25, 0.3) is 0 Å². The van der Waals surface area contributed by atoms with Crippen molar-refractivity contribution < 1.29 is 9.53 Å². The van der Waals surface area contributed by atoms with Gasteiger partial charge in [0.05, 0.1) is 0 Å². The van der Waals surface area contributed by atoms with E-state index in [0.29, 0.717) is 11.7 Å². The molecule has 1 aliphatic carbocycles. The van der Waals surface area contributed by atoms with Crippen LogP contribution in [0.3, 0.4) is 0 Å². The smallest absolute Gasteiger partial charge is 0.277 e. The molecular formula is C21H32N2O2. The Kier molecular flexibility index (Phi) is 5.91. The van der Waals surface area contributed by atoms with Crippen molar-refractivity contribution in [2.75, 3.05) is 6.61 Å². The van der Waals surface area contributed by atoms with E-state index in [-0.39, 0.29) is 23.3 Å². The molecule has 0 unspecified atom stereocenters. The average molecular weight is 344 g/mol. The summed E-state index contributed by atoms with van der Waals surface area (Å²) in [5.74, 6) is 1.09. The number of rotatable bonds is 4. The first-order valence-electron chi connectivity index (χ1n) is 9.13. The predicted octanol–water partition coefficient (Wildman–Crippen LogP) is 4.68. The fourth-order valence-electron chi connectivity index (χ4n) is 3.57. The second-order valence-corrected chi connectivity index (χ2v) is 9.13. The quantitative estimate of drug-likeness (QED) is 0.806. The van der Waals surface area contributed by atoms with Crippen LogP contribution in [0.5, 0.6) is 5.75 Å². The maximum absolute atomic E-state index is 12.0. The number of hydrogen-bond acceptors (Lipinski definition) is 3. The summed E-state index contributed by atoms with van der Waals surface area (Å²) in [6.45, 7) is 13.2. The number of ether oxygens (including phenoxy) is 1. The maximum Gasteiger partial charge on any atom is 0.277 e. The molecule has 4 nitrogen and oxygen atoms in total. The summed E-state index contributed by atoms with van der Waals surface area (Å²) in [5.41, 5.74) is 5.32. The number of amides is 1. The summed E-state index contributed by atoms with van der Waals surface area (Å²) >= 11 is 0. The highest BCUT2D eigenvalue weighted by molar-refractivity contribution is 5.87. The lowest BCUT2D eigenvalue weighted by molar-refractivity contribution is -0.123. The van der Waals surface area contributed by atoms with E-state index in [2.05, 4.69) is 52.1 Å². The van der Waals surface area contributed by atoms with E-state index in [1.807, 2.05) is 24.3 Å². The van der Waals surface area contributed by atoms with Gasteiger partial charge in [-0.1, -0.05) is 53.7 Å². The molecule has 1 saturated carbocycles. The third-order valence-corrected chi connectivity index (χ3v) is 4.60. The van der Waals surface area contributed by atoms with E-state index in [4.69, 9.17) is 4.74 Å². The van der Waals surface area contributed by atoms with Crippen LogP contribution in [0.15, 0.2) is 29.4 Å². The summed E-state index contributed by atoms with van der Waals surface area (Å²) < 4.78 is 5.56. The first-order chi connectivity index (χ1) is 11.5. The first-order valence-corrected chi connectivity index (χ1v) is 9.13. The van der Waals surface area contributed by atoms with Crippen LogP contribution in [0.4, 0.5) is 0 Å². The van der Waals surface area contributed by atoms with E-state index >= 15 is 0 Å². The highest BCUT2D eigenvalue weighted by Gasteiger charge is 2.29. The van der Waals surface area contributed by atoms with Gasteiger partial charge in [-0.05, 0) is 53.7 Å². The Morgan fingerprint density at radius 1 is 1.28 bits per heavy atom. The topological polar surface area (TPSA) is 50.7 Å². The van der Waals surface area contributed by atoms with E-state index in [0.717, 1.165) is 18.6 Å². The molecule has 1 amide bonds. The van der Waals surface area contributed by atoms with Crippen LogP contribution in [0.1, 0.15) is 66.4 Å². The monoisotopic (exact) mass is 344 g/mol. The maximum atomic E-state index is 12.0. The zero-order valence-electron chi connectivity index (χ0n) is 16.5. The molecule has 0 aromatic heterocycles. The SMILES string of the molecule is C[C@H]1C/C(=N/NC(=O)COc2ccc(C(C)(C)C)cc2)CC(C)(C)C1. The summed E-state index contributed by atoms with van der Waals surface area (Å²) in [6.07, 6.45) is 3.10. The molecular weight excluding hydrogens is 312 g/mol. The third kappa shape index (κ3) is 6.18. The van der Waals surface area contributed by atoms with E-state index in [1.54, 1.807) is 0 Å². The number of nitrogens with one attached hydrogen (secondary N) is 1. The van der Waals surface area contributed by atoms with Crippen molar-refractivity contribution in [1.29, 1.82) is 0 Å². The molecule has 1 aromatic carbocycles. The van der Waals surface area contributed by atoms with Gasteiger partial charge in [-0.3, -0.25) is 4.79 Å². The molecule has 4 heteroatoms. The van der Waals surface area contributed by atoms with Gasteiger partial charge in [0.25, 0.3) is 5.91 Å². The van der Waals surface area contributed by atoms with Gasteiger partial charge in [-0.25, -0.2) is 5.43 Å².